The largest absolute Gasteiger partial charge is 0.291 e. The fourth-order valence-corrected chi connectivity index (χ4v) is 8.04. The van der Waals surface area contributed by atoms with Gasteiger partial charge in [0, 0.05) is 32.2 Å². The summed E-state index contributed by atoms with van der Waals surface area (Å²) in [5, 5.41) is 3.52. The zero-order valence-electron chi connectivity index (χ0n) is 26.5. The predicted molar refractivity (Wildman–Crippen MR) is 197 cm³/mol. The summed E-state index contributed by atoms with van der Waals surface area (Å²) in [5.74, 6) is 0.958. The molecule has 222 valence electrons. The minimum atomic E-state index is 0.958. The normalized spacial score (nSPS) is 11.5. The van der Waals surface area contributed by atoms with E-state index in [0.29, 0.717) is 0 Å². The summed E-state index contributed by atoms with van der Waals surface area (Å²) in [7, 11) is 0. The first kappa shape index (κ1) is 28.2. The number of nitrogens with zero attached hydrogens (tertiary/aromatic N) is 2. The van der Waals surface area contributed by atoms with Gasteiger partial charge in [-0.05, 0) is 103 Å². The van der Waals surface area contributed by atoms with E-state index in [2.05, 4.69) is 165 Å². The van der Waals surface area contributed by atoms with Crippen LogP contribution in [0.15, 0.2) is 133 Å². The number of aromatic nitrogens is 2. The first-order valence-corrected chi connectivity index (χ1v) is 16.7. The molecule has 0 unspecified atom stereocenters. The van der Waals surface area contributed by atoms with Gasteiger partial charge in [-0.1, -0.05) is 96.6 Å². The van der Waals surface area contributed by atoms with E-state index < -0.39 is 0 Å². The van der Waals surface area contributed by atoms with E-state index in [1.165, 1.54) is 65.7 Å². The Bertz CT molecular complexity index is 2310. The quantitative estimate of drug-likeness (QED) is 0.190. The maximum atomic E-state index is 5.39. The summed E-state index contributed by atoms with van der Waals surface area (Å²) in [6.45, 7) is 8.81. The highest BCUT2D eigenvalue weighted by atomic mass is 32.1. The second-order valence-corrected chi connectivity index (χ2v) is 13.2. The standard InChI is InChI=1S/C43H34N2S/c1-27-21-29(3)41(30(4)22-27)33-19-20-40-36(25-33)37(26-46-40)43-44-38-17-11-12-18-39(38)45(43)42-34(31-13-7-5-8-14-31)23-28(2)24-35(42)32-15-9-6-10-16-32/h5-26H,1-4H3. The van der Waals surface area contributed by atoms with Crippen molar-refractivity contribution in [1.29, 1.82) is 0 Å². The van der Waals surface area contributed by atoms with Crippen LogP contribution >= 0.6 is 11.3 Å². The minimum absolute atomic E-state index is 0.958. The highest BCUT2D eigenvalue weighted by molar-refractivity contribution is 7.17. The van der Waals surface area contributed by atoms with Crippen LogP contribution in [0.25, 0.3) is 71.6 Å². The third-order valence-corrected chi connectivity index (χ3v) is 9.95. The molecule has 0 atom stereocenters. The number of hydrogen-bond acceptors (Lipinski definition) is 2. The molecule has 8 aromatic rings. The van der Waals surface area contributed by atoms with Crippen LogP contribution in [0.4, 0.5) is 0 Å². The SMILES string of the molecule is Cc1cc(C)c(-c2ccc3scc(-c4nc5ccccc5n4-c4c(-c5ccccc5)cc(C)cc4-c4ccccc4)c3c2)c(C)c1. The average Bonchev–Trinajstić information content (AvgIpc) is 3.66. The van der Waals surface area contributed by atoms with Crippen molar-refractivity contribution >= 4 is 32.5 Å². The molecule has 0 spiro atoms. The Hall–Kier alpha value is -5.25. The molecule has 0 aliphatic heterocycles. The Morgan fingerprint density at radius 2 is 1.13 bits per heavy atom. The molecule has 3 heteroatoms. The number of para-hydroxylation sites is 2. The smallest absolute Gasteiger partial charge is 0.147 e. The van der Waals surface area contributed by atoms with Crippen LogP contribution in [0, 0.1) is 27.7 Å². The third kappa shape index (κ3) is 4.76. The van der Waals surface area contributed by atoms with Crippen LogP contribution in [0.5, 0.6) is 0 Å². The van der Waals surface area contributed by atoms with Gasteiger partial charge in [-0.3, -0.25) is 4.57 Å². The van der Waals surface area contributed by atoms with Crippen LogP contribution in [0.1, 0.15) is 22.3 Å². The van der Waals surface area contributed by atoms with Crippen molar-refractivity contribution in [2.75, 3.05) is 0 Å². The Labute approximate surface area is 274 Å². The molecule has 46 heavy (non-hydrogen) atoms. The van der Waals surface area contributed by atoms with Gasteiger partial charge in [-0.25, -0.2) is 4.98 Å². The lowest BCUT2D eigenvalue weighted by Crippen LogP contribution is -2.03. The lowest BCUT2D eigenvalue weighted by molar-refractivity contribution is 1.11. The maximum absolute atomic E-state index is 5.39. The first-order valence-electron chi connectivity index (χ1n) is 15.8. The van der Waals surface area contributed by atoms with Crippen molar-refractivity contribution in [2.24, 2.45) is 0 Å². The molecule has 0 bridgehead atoms. The van der Waals surface area contributed by atoms with Crippen LogP contribution in [-0.2, 0) is 0 Å². The van der Waals surface area contributed by atoms with Gasteiger partial charge in [0.2, 0.25) is 0 Å². The molecule has 0 aliphatic rings. The summed E-state index contributed by atoms with van der Waals surface area (Å²) in [6.07, 6.45) is 0. The molecule has 0 saturated carbocycles. The van der Waals surface area contributed by atoms with Crippen molar-refractivity contribution in [3.8, 4) is 50.5 Å². The van der Waals surface area contributed by atoms with E-state index in [9.17, 15) is 0 Å². The number of aryl methyl sites for hydroxylation is 4. The molecular weight excluding hydrogens is 577 g/mol. The monoisotopic (exact) mass is 610 g/mol. The summed E-state index contributed by atoms with van der Waals surface area (Å²) >= 11 is 1.79. The third-order valence-electron chi connectivity index (χ3n) is 8.99. The van der Waals surface area contributed by atoms with Crippen LogP contribution in [0.2, 0.25) is 0 Å². The van der Waals surface area contributed by atoms with Gasteiger partial charge in [0.15, 0.2) is 0 Å². The molecule has 0 amide bonds. The van der Waals surface area contributed by atoms with E-state index in [0.717, 1.165) is 28.1 Å². The minimum Gasteiger partial charge on any atom is -0.291 e. The highest BCUT2D eigenvalue weighted by Gasteiger charge is 2.23. The summed E-state index contributed by atoms with van der Waals surface area (Å²) in [5.41, 5.74) is 16.8. The lowest BCUT2D eigenvalue weighted by Gasteiger charge is -2.21. The number of imidazole rings is 1. The van der Waals surface area contributed by atoms with Crippen molar-refractivity contribution in [3.63, 3.8) is 0 Å². The van der Waals surface area contributed by atoms with Gasteiger partial charge >= 0.3 is 0 Å². The fourth-order valence-electron chi connectivity index (χ4n) is 7.12. The van der Waals surface area contributed by atoms with Crippen molar-refractivity contribution in [2.45, 2.75) is 27.7 Å². The second-order valence-electron chi connectivity index (χ2n) is 12.3. The van der Waals surface area contributed by atoms with Crippen molar-refractivity contribution < 1.29 is 0 Å². The Morgan fingerprint density at radius 3 is 1.78 bits per heavy atom. The van der Waals surface area contributed by atoms with Gasteiger partial charge in [0.05, 0.1) is 16.7 Å². The maximum Gasteiger partial charge on any atom is 0.147 e. The van der Waals surface area contributed by atoms with Gasteiger partial charge < -0.3 is 0 Å². The van der Waals surface area contributed by atoms with Gasteiger partial charge in [-0.2, -0.15) is 0 Å². The molecule has 0 fully saturated rings. The molecule has 0 radical (unpaired) electrons. The summed E-state index contributed by atoms with van der Waals surface area (Å²) in [4.78, 5) is 5.39. The molecule has 2 heterocycles. The number of hydrogen-bond donors (Lipinski definition) is 0. The molecule has 2 aromatic heterocycles. The lowest BCUT2D eigenvalue weighted by atomic mass is 9.92. The van der Waals surface area contributed by atoms with Crippen LogP contribution in [0.3, 0.4) is 0 Å². The molecule has 0 saturated heterocycles. The predicted octanol–water partition coefficient (Wildman–Crippen LogP) is 12.1. The second kappa shape index (κ2) is 11.3. The zero-order chi connectivity index (χ0) is 31.4. The fraction of sp³-hybridized carbons (Fsp3) is 0.0930. The number of thiophene rings is 1. The van der Waals surface area contributed by atoms with E-state index in [-0.39, 0.29) is 0 Å². The summed E-state index contributed by atoms with van der Waals surface area (Å²) in [6, 6.07) is 46.2. The van der Waals surface area contributed by atoms with E-state index in [1.807, 2.05) is 0 Å². The number of benzene rings is 6. The van der Waals surface area contributed by atoms with Gasteiger partial charge in [0.25, 0.3) is 0 Å². The molecule has 8 rings (SSSR count). The number of rotatable bonds is 5. The first-order chi connectivity index (χ1) is 22.5. The molecular formula is C43H34N2S. The topological polar surface area (TPSA) is 17.8 Å². The highest BCUT2D eigenvalue weighted by Crippen LogP contribution is 2.44. The Morgan fingerprint density at radius 1 is 0.543 bits per heavy atom. The van der Waals surface area contributed by atoms with Crippen molar-refractivity contribution in [3.05, 3.63) is 155 Å². The zero-order valence-corrected chi connectivity index (χ0v) is 27.3. The molecule has 6 aromatic carbocycles. The van der Waals surface area contributed by atoms with Gasteiger partial charge in [-0.15, -0.1) is 11.3 Å². The molecule has 0 aliphatic carbocycles. The van der Waals surface area contributed by atoms with Crippen molar-refractivity contribution in [1.82, 2.24) is 9.55 Å². The van der Waals surface area contributed by atoms with Crippen LogP contribution in [-0.4, -0.2) is 9.55 Å². The Balaban J connectivity index is 1.46. The molecule has 0 N–H and O–H groups in total. The van der Waals surface area contributed by atoms with Crippen LogP contribution < -0.4 is 0 Å². The van der Waals surface area contributed by atoms with E-state index in [4.69, 9.17) is 4.98 Å². The number of fused-ring (bicyclic) bond motifs is 2. The Kier molecular flexibility index (Phi) is 6.92. The average molecular weight is 611 g/mol. The van der Waals surface area contributed by atoms with E-state index >= 15 is 0 Å². The molecule has 2 nitrogen and oxygen atoms in total. The van der Waals surface area contributed by atoms with Gasteiger partial charge in [0.1, 0.15) is 5.82 Å². The van der Waals surface area contributed by atoms with E-state index in [1.54, 1.807) is 11.3 Å². The summed E-state index contributed by atoms with van der Waals surface area (Å²) < 4.78 is 3.67.